The zero-order valence-electron chi connectivity index (χ0n) is 20.6. The first-order chi connectivity index (χ1) is 18.4. The van der Waals surface area contributed by atoms with Crippen molar-refractivity contribution in [3.05, 3.63) is 81.2 Å². The molecule has 0 radical (unpaired) electrons. The number of hydrogen-bond donors (Lipinski definition) is 3. The highest BCUT2D eigenvalue weighted by molar-refractivity contribution is 5.93. The fourth-order valence-electron chi connectivity index (χ4n) is 4.58. The molecule has 1 amide bonds. The van der Waals surface area contributed by atoms with Crippen LogP contribution in [-0.4, -0.2) is 55.5 Å². The Balaban J connectivity index is 1.50. The smallest absolute Gasteiger partial charge is 0.295 e. The number of amides is 1. The molecule has 3 heterocycles. The number of aliphatic hydroxyl groups is 1. The van der Waals surface area contributed by atoms with Crippen LogP contribution in [0.15, 0.2) is 41.5 Å². The summed E-state index contributed by atoms with van der Waals surface area (Å²) in [6.45, 7) is 0.0784. The van der Waals surface area contributed by atoms with Gasteiger partial charge in [0.05, 0.1) is 18.6 Å². The van der Waals surface area contributed by atoms with Crippen LogP contribution in [0, 0.1) is 11.6 Å². The number of aliphatic hydroxyl groups excluding tert-OH is 1. The number of anilines is 1. The van der Waals surface area contributed by atoms with Crippen molar-refractivity contribution >= 4 is 11.7 Å². The second kappa shape index (κ2) is 11.2. The van der Waals surface area contributed by atoms with Gasteiger partial charge in [-0.15, -0.1) is 0 Å². The number of hydrogen-bond acceptors (Lipinski definition) is 5. The summed E-state index contributed by atoms with van der Waals surface area (Å²) in [7, 11) is 0. The minimum atomic E-state index is -3.15. The lowest BCUT2D eigenvalue weighted by atomic mass is 9.86. The Morgan fingerprint density at radius 2 is 1.92 bits per heavy atom. The lowest BCUT2D eigenvalue weighted by Crippen LogP contribution is -2.52. The summed E-state index contributed by atoms with van der Waals surface area (Å²) in [6, 6.07) is 2.83. The predicted molar refractivity (Wildman–Crippen MR) is 128 cm³/mol. The van der Waals surface area contributed by atoms with E-state index in [1.807, 2.05) is 0 Å². The standard InChI is InChI=1S/C25H25F6N5O3/c1-13(35-3-2-25(30,31)19(10-35)15-6-16(12-37)24(39)32-8-15)23(38)34-20-11-36(22(33-20)21(28)29)9-14-4-17(26)7-18(27)5-14/h4-8,11,13,19,21,37H,2-3,9-10,12H2,1H3,(H,32,39)(H,34,38)/t13-,19-/m0/s1. The molecular weight excluding hydrogens is 532 g/mol. The number of imidazole rings is 1. The lowest BCUT2D eigenvalue weighted by molar-refractivity contribution is -0.125. The van der Waals surface area contributed by atoms with Gasteiger partial charge in [0.25, 0.3) is 17.9 Å². The van der Waals surface area contributed by atoms with Crippen LogP contribution in [0.2, 0.25) is 0 Å². The first-order valence-electron chi connectivity index (χ1n) is 11.9. The van der Waals surface area contributed by atoms with E-state index in [2.05, 4.69) is 15.3 Å². The zero-order valence-corrected chi connectivity index (χ0v) is 20.6. The molecule has 1 aliphatic heterocycles. The van der Waals surface area contributed by atoms with Crippen molar-refractivity contribution in [2.75, 3.05) is 18.4 Å². The van der Waals surface area contributed by atoms with E-state index in [4.69, 9.17) is 0 Å². The van der Waals surface area contributed by atoms with Crippen LogP contribution in [0.1, 0.15) is 48.2 Å². The van der Waals surface area contributed by atoms with Crippen LogP contribution >= 0.6 is 0 Å². The number of rotatable bonds is 8. The number of nitrogens with zero attached hydrogens (tertiary/aromatic N) is 3. The van der Waals surface area contributed by atoms with Gasteiger partial charge in [-0.05, 0) is 36.2 Å². The van der Waals surface area contributed by atoms with E-state index in [0.29, 0.717) is 6.07 Å². The number of carbonyl (C=O) groups excluding carboxylic acids is 1. The van der Waals surface area contributed by atoms with Gasteiger partial charge in [-0.1, -0.05) is 0 Å². The molecule has 1 aromatic carbocycles. The second-order valence-electron chi connectivity index (χ2n) is 9.36. The van der Waals surface area contributed by atoms with Gasteiger partial charge >= 0.3 is 0 Å². The number of alkyl halides is 4. The van der Waals surface area contributed by atoms with Gasteiger partial charge in [-0.2, -0.15) is 0 Å². The Kier molecular flexibility index (Phi) is 8.16. The quantitative estimate of drug-likeness (QED) is 0.366. The fraction of sp³-hybridized carbons (Fsp3) is 0.400. The summed E-state index contributed by atoms with van der Waals surface area (Å²) in [6.07, 6.45) is -1.40. The number of nitrogens with one attached hydrogen (secondary N) is 2. The molecule has 1 aliphatic rings. The molecule has 210 valence electrons. The number of carbonyl (C=O) groups is 1. The number of aromatic nitrogens is 3. The van der Waals surface area contributed by atoms with Crippen molar-refractivity contribution in [1.82, 2.24) is 19.4 Å². The van der Waals surface area contributed by atoms with Crippen molar-refractivity contribution in [2.24, 2.45) is 0 Å². The molecule has 0 saturated carbocycles. The third kappa shape index (κ3) is 6.33. The average molecular weight is 557 g/mol. The number of halogens is 6. The molecule has 2 aromatic heterocycles. The summed E-state index contributed by atoms with van der Waals surface area (Å²) < 4.78 is 84.8. The molecule has 0 spiro atoms. The summed E-state index contributed by atoms with van der Waals surface area (Å²) in [4.78, 5) is 32.2. The Bertz CT molecular complexity index is 1390. The van der Waals surface area contributed by atoms with E-state index in [1.165, 1.54) is 17.9 Å². The van der Waals surface area contributed by atoms with Gasteiger partial charge in [0, 0.05) is 50.1 Å². The van der Waals surface area contributed by atoms with E-state index >= 15 is 0 Å². The molecule has 3 N–H and O–H groups in total. The third-order valence-corrected chi connectivity index (χ3v) is 6.69. The van der Waals surface area contributed by atoms with Crippen molar-refractivity contribution < 1.29 is 36.2 Å². The minimum Gasteiger partial charge on any atom is -0.391 e. The lowest BCUT2D eigenvalue weighted by Gasteiger charge is -2.40. The molecule has 2 atom stereocenters. The molecule has 1 saturated heterocycles. The number of benzene rings is 1. The summed E-state index contributed by atoms with van der Waals surface area (Å²) in [5.74, 6) is -7.99. The van der Waals surface area contributed by atoms with Gasteiger partial charge in [-0.25, -0.2) is 31.3 Å². The molecule has 3 aromatic rings. The van der Waals surface area contributed by atoms with E-state index in [1.54, 1.807) is 0 Å². The van der Waals surface area contributed by atoms with Crippen LogP contribution < -0.4 is 10.9 Å². The van der Waals surface area contributed by atoms with Gasteiger partial charge in [0.1, 0.15) is 11.6 Å². The monoisotopic (exact) mass is 557 g/mol. The number of piperidine rings is 1. The number of likely N-dealkylation sites (tertiary alicyclic amines) is 1. The van der Waals surface area contributed by atoms with Crippen LogP contribution in [0.25, 0.3) is 0 Å². The number of aromatic amines is 1. The first-order valence-corrected chi connectivity index (χ1v) is 11.9. The molecule has 0 aliphatic carbocycles. The molecule has 8 nitrogen and oxygen atoms in total. The summed E-state index contributed by atoms with van der Waals surface area (Å²) in [5.41, 5.74) is -0.521. The molecule has 4 rings (SSSR count). The average Bonchev–Trinajstić information content (AvgIpc) is 3.25. The Hall–Kier alpha value is -3.65. The fourth-order valence-corrected chi connectivity index (χ4v) is 4.58. The van der Waals surface area contributed by atoms with Crippen molar-refractivity contribution in [3.8, 4) is 0 Å². The third-order valence-electron chi connectivity index (χ3n) is 6.69. The molecule has 39 heavy (non-hydrogen) atoms. The van der Waals surface area contributed by atoms with Crippen molar-refractivity contribution in [3.63, 3.8) is 0 Å². The van der Waals surface area contributed by atoms with E-state index in [0.717, 1.165) is 29.1 Å². The Morgan fingerprint density at radius 1 is 1.23 bits per heavy atom. The topological polar surface area (TPSA) is 103 Å². The SMILES string of the molecule is C[C@@H](C(=O)Nc1cn(Cc2cc(F)cc(F)c2)c(C(F)F)n1)N1CCC(F)(F)[C@H](c2c[nH]c(=O)c(CO)c2)C1. The predicted octanol–water partition coefficient (Wildman–Crippen LogP) is 3.78. The van der Waals surface area contributed by atoms with Crippen LogP contribution in [0.5, 0.6) is 0 Å². The van der Waals surface area contributed by atoms with Crippen LogP contribution in [0.3, 0.4) is 0 Å². The van der Waals surface area contributed by atoms with Crippen molar-refractivity contribution in [1.29, 1.82) is 0 Å². The maximum absolute atomic E-state index is 14.8. The number of H-pyrrole nitrogens is 1. The Morgan fingerprint density at radius 3 is 2.56 bits per heavy atom. The van der Waals surface area contributed by atoms with Gasteiger partial charge in [0.15, 0.2) is 11.6 Å². The van der Waals surface area contributed by atoms with Gasteiger partial charge in [0.2, 0.25) is 5.91 Å². The molecule has 1 fully saturated rings. The highest BCUT2D eigenvalue weighted by Crippen LogP contribution is 2.40. The van der Waals surface area contributed by atoms with E-state index in [9.17, 15) is 41.0 Å². The maximum atomic E-state index is 14.8. The van der Waals surface area contributed by atoms with E-state index < -0.39 is 66.3 Å². The van der Waals surface area contributed by atoms with Crippen molar-refractivity contribution in [2.45, 2.75) is 50.8 Å². The van der Waals surface area contributed by atoms with E-state index in [-0.39, 0.29) is 42.1 Å². The second-order valence-corrected chi connectivity index (χ2v) is 9.36. The van der Waals surface area contributed by atoms with Crippen LogP contribution in [0.4, 0.5) is 32.2 Å². The first kappa shape index (κ1) is 28.4. The highest BCUT2D eigenvalue weighted by Gasteiger charge is 2.46. The maximum Gasteiger partial charge on any atom is 0.295 e. The molecule has 0 unspecified atom stereocenters. The normalized spacial score (nSPS) is 18.3. The zero-order chi connectivity index (χ0) is 28.5. The van der Waals surface area contributed by atoms with Gasteiger partial charge < -0.3 is 20.0 Å². The Labute approximate surface area is 218 Å². The van der Waals surface area contributed by atoms with Crippen LogP contribution in [-0.2, 0) is 17.9 Å². The largest absolute Gasteiger partial charge is 0.391 e. The number of pyridine rings is 1. The minimum absolute atomic E-state index is 0.0601. The van der Waals surface area contributed by atoms with Gasteiger partial charge in [-0.3, -0.25) is 14.5 Å². The molecule has 14 heteroatoms. The molecule has 0 bridgehead atoms. The highest BCUT2D eigenvalue weighted by atomic mass is 19.3. The summed E-state index contributed by atoms with van der Waals surface area (Å²) >= 11 is 0. The molecular formula is C25H25F6N5O3. The summed E-state index contributed by atoms with van der Waals surface area (Å²) in [5, 5.41) is 11.7.